The summed E-state index contributed by atoms with van der Waals surface area (Å²) in [5.74, 6) is -0.821. The van der Waals surface area contributed by atoms with Crippen LogP contribution in [0.3, 0.4) is 0 Å². The van der Waals surface area contributed by atoms with Crippen LogP contribution in [-0.2, 0) is 14.8 Å². The molecule has 0 spiro atoms. The molecule has 0 bridgehead atoms. The number of sulfonamides is 1. The summed E-state index contributed by atoms with van der Waals surface area (Å²) in [5.41, 5.74) is 0.256. The molecule has 1 unspecified atom stereocenters. The van der Waals surface area contributed by atoms with Crippen molar-refractivity contribution in [2.24, 2.45) is 0 Å². The van der Waals surface area contributed by atoms with Gasteiger partial charge in [-0.15, -0.1) is 0 Å². The lowest BCUT2D eigenvalue weighted by Crippen LogP contribution is -2.47. The Bertz CT molecular complexity index is 555. The molecule has 0 aliphatic heterocycles. The van der Waals surface area contributed by atoms with Crippen molar-refractivity contribution in [3.05, 3.63) is 30.1 Å². The first-order valence-corrected chi connectivity index (χ1v) is 7.45. The number of nitrogens with zero attached hydrogens (tertiary/aromatic N) is 2. The van der Waals surface area contributed by atoms with E-state index in [1.165, 1.54) is 24.0 Å². The van der Waals surface area contributed by atoms with Crippen molar-refractivity contribution in [2.75, 3.05) is 24.7 Å². The normalized spacial score (nSPS) is 12.9. The highest BCUT2D eigenvalue weighted by atomic mass is 32.2. The molecule has 0 radical (unpaired) electrons. The molecular formula is C12H17FN2O3S. The number of anilines is 1. The van der Waals surface area contributed by atoms with E-state index in [9.17, 15) is 17.6 Å². The SMILES string of the molecule is CC(C(=O)N(C)C)N(c1ccc(F)cc1)S(C)(=O)=O. The van der Waals surface area contributed by atoms with Crippen LogP contribution in [0.25, 0.3) is 0 Å². The molecule has 106 valence electrons. The molecular weight excluding hydrogens is 271 g/mol. The van der Waals surface area contributed by atoms with Gasteiger partial charge < -0.3 is 4.90 Å². The average Bonchev–Trinajstić information content (AvgIpc) is 2.29. The van der Waals surface area contributed by atoms with Gasteiger partial charge in [0.25, 0.3) is 0 Å². The molecule has 1 aromatic rings. The van der Waals surface area contributed by atoms with Gasteiger partial charge in [-0.1, -0.05) is 0 Å². The van der Waals surface area contributed by atoms with Crippen molar-refractivity contribution in [1.82, 2.24) is 4.90 Å². The Morgan fingerprint density at radius 3 is 2.05 bits per heavy atom. The van der Waals surface area contributed by atoms with Crippen molar-refractivity contribution >= 4 is 21.6 Å². The maximum Gasteiger partial charge on any atom is 0.245 e. The Kier molecular flexibility index (Phi) is 4.52. The van der Waals surface area contributed by atoms with E-state index in [4.69, 9.17) is 0 Å². The fourth-order valence-corrected chi connectivity index (χ4v) is 2.93. The first-order valence-electron chi connectivity index (χ1n) is 5.60. The van der Waals surface area contributed by atoms with E-state index < -0.39 is 21.9 Å². The molecule has 0 aromatic heterocycles. The highest BCUT2D eigenvalue weighted by Gasteiger charge is 2.29. The van der Waals surface area contributed by atoms with E-state index in [0.717, 1.165) is 22.7 Å². The lowest BCUT2D eigenvalue weighted by Gasteiger charge is -2.29. The first-order chi connectivity index (χ1) is 8.64. The van der Waals surface area contributed by atoms with E-state index in [-0.39, 0.29) is 11.6 Å². The number of halogens is 1. The van der Waals surface area contributed by atoms with Gasteiger partial charge in [-0.3, -0.25) is 9.10 Å². The molecule has 0 saturated carbocycles. The summed E-state index contributed by atoms with van der Waals surface area (Å²) in [5, 5.41) is 0. The number of likely N-dealkylation sites (N-methyl/N-ethyl adjacent to an activating group) is 1. The summed E-state index contributed by atoms with van der Waals surface area (Å²) in [4.78, 5) is 13.2. The van der Waals surface area contributed by atoms with Crippen LogP contribution in [-0.4, -0.2) is 45.6 Å². The van der Waals surface area contributed by atoms with E-state index in [1.807, 2.05) is 0 Å². The van der Waals surface area contributed by atoms with Crippen molar-refractivity contribution < 1.29 is 17.6 Å². The minimum atomic E-state index is -3.65. The summed E-state index contributed by atoms with van der Waals surface area (Å²) < 4.78 is 37.6. The van der Waals surface area contributed by atoms with Crippen molar-refractivity contribution in [2.45, 2.75) is 13.0 Å². The molecule has 1 amide bonds. The van der Waals surface area contributed by atoms with E-state index in [1.54, 1.807) is 14.1 Å². The zero-order valence-corrected chi connectivity index (χ0v) is 12.1. The molecule has 0 aliphatic rings. The molecule has 7 heteroatoms. The largest absolute Gasteiger partial charge is 0.347 e. The van der Waals surface area contributed by atoms with Crippen molar-refractivity contribution in [3.63, 3.8) is 0 Å². The number of carbonyl (C=O) groups is 1. The second kappa shape index (κ2) is 5.56. The van der Waals surface area contributed by atoms with Crippen molar-refractivity contribution in [3.8, 4) is 0 Å². The number of hydrogen-bond donors (Lipinski definition) is 0. The van der Waals surface area contributed by atoms with Gasteiger partial charge >= 0.3 is 0 Å². The standard InChI is InChI=1S/C12H17FN2O3S/c1-9(12(16)14(2)3)15(19(4,17)18)11-7-5-10(13)6-8-11/h5-9H,1-4H3. The maximum absolute atomic E-state index is 12.9. The topological polar surface area (TPSA) is 57.7 Å². The third-order valence-electron chi connectivity index (χ3n) is 2.59. The zero-order chi connectivity index (χ0) is 14.8. The minimum absolute atomic E-state index is 0.256. The predicted molar refractivity (Wildman–Crippen MR) is 71.9 cm³/mol. The third-order valence-corrected chi connectivity index (χ3v) is 3.83. The average molecular weight is 288 g/mol. The molecule has 5 nitrogen and oxygen atoms in total. The molecule has 0 heterocycles. The van der Waals surface area contributed by atoms with Gasteiger partial charge in [0.2, 0.25) is 15.9 Å². The minimum Gasteiger partial charge on any atom is -0.347 e. The van der Waals surface area contributed by atoms with Crippen LogP contribution in [0.15, 0.2) is 24.3 Å². The van der Waals surface area contributed by atoms with Gasteiger partial charge in [-0.2, -0.15) is 0 Å². The lowest BCUT2D eigenvalue weighted by molar-refractivity contribution is -0.129. The van der Waals surface area contributed by atoms with E-state index in [0.29, 0.717) is 0 Å². The first kappa shape index (κ1) is 15.4. The van der Waals surface area contributed by atoms with Crippen LogP contribution >= 0.6 is 0 Å². The number of amides is 1. The molecule has 1 rings (SSSR count). The van der Waals surface area contributed by atoms with Crippen LogP contribution in [0, 0.1) is 5.82 Å². The predicted octanol–water partition coefficient (Wildman–Crippen LogP) is 1.07. The van der Waals surface area contributed by atoms with Gasteiger partial charge in [0.05, 0.1) is 11.9 Å². The molecule has 0 saturated heterocycles. The molecule has 0 aliphatic carbocycles. The summed E-state index contributed by atoms with van der Waals surface area (Å²) >= 11 is 0. The zero-order valence-electron chi connectivity index (χ0n) is 11.3. The fraction of sp³-hybridized carbons (Fsp3) is 0.417. The van der Waals surface area contributed by atoms with Gasteiger partial charge in [0, 0.05) is 14.1 Å². The summed E-state index contributed by atoms with van der Waals surface area (Å²) in [7, 11) is -0.554. The van der Waals surface area contributed by atoms with E-state index in [2.05, 4.69) is 0 Å². The third kappa shape index (κ3) is 3.66. The second-order valence-electron chi connectivity index (χ2n) is 4.44. The Hall–Kier alpha value is -1.63. The highest BCUT2D eigenvalue weighted by Crippen LogP contribution is 2.21. The summed E-state index contributed by atoms with van der Waals surface area (Å²) in [6.07, 6.45) is 1.01. The molecule has 19 heavy (non-hydrogen) atoms. The molecule has 0 N–H and O–H groups in total. The van der Waals surface area contributed by atoms with Gasteiger partial charge in [-0.25, -0.2) is 12.8 Å². The van der Waals surface area contributed by atoms with Gasteiger partial charge in [-0.05, 0) is 31.2 Å². The van der Waals surface area contributed by atoms with Crippen LogP contribution < -0.4 is 4.31 Å². The van der Waals surface area contributed by atoms with Crippen LogP contribution in [0.4, 0.5) is 10.1 Å². The number of benzene rings is 1. The Morgan fingerprint density at radius 2 is 1.68 bits per heavy atom. The molecule has 1 atom stereocenters. The number of carbonyl (C=O) groups excluding carboxylic acids is 1. The quantitative estimate of drug-likeness (QED) is 0.832. The second-order valence-corrected chi connectivity index (χ2v) is 6.30. The van der Waals surface area contributed by atoms with Crippen LogP contribution in [0.5, 0.6) is 0 Å². The Morgan fingerprint density at radius 1 is 1.21 bits per heavy atom. The summed E-state index contributed by atoms with van der Waals surface area (Å²) in [6, 6.07) is 4.07. The Balaban J connectivity index is 3.24. The van der Waals surface area contributed by atoms with E-state index >= 15 is 0 Å². The lowest BCUT2D eigenvalue weighted by atomic mass is 10.2. The highest BCUT2D eigenvalue weighted by molar-refractivity contribution is 7.92. The fourth-order valence-electron chi connectivity index (χ4n) is 1.76. The van der Waals surface area contributed by atoms with Crippen molar-refractivity contribution in [1.29, 1.82) is 0 Å². The Labute approximate surface area is 112 Å². The van der Waals surface area contributed by atoms with Crippen LogP contribution in [0.2, 0.25) is 0 Å². The van der Waals surface area contributed by atoms with Gasteiger partial charge in [0.1, 0.15) is 11.9 Å². The smallest absolute Gasteiger partial charge is 0.245 e. The molecule has 0 fully saturated rings. The number of hydrogen-bond acceptors (Lipinski definition) is 3. The number of rotatable bonds is 4. The molecule has 1 aromatic carbocycles. The van der Waals surface area contributed by atoms with Crippen LogP contribution in [0.1, 0.15) is 6.92 Å². The van der Waals surface area contributed by atoms with Gasteiger partial charge in [0.15, 0.2) is 0 Å². The summed E-state index contributed by atoms with van der Waals surface area (Å²) in [6.45, 7) is 1.49. The maximum atomic E-state index is 12.9. The monoisotopic (exact) mass is 288 g/mol.